The highest BCUT2D eigenvalue weighted by molar-refractivity contribution is 7.07. The molecule has 0 bridgehead atoms. The van der Waals surface area contributed by atoms with E-state index in [1.54, 1.807) is 12.1 Å². The van der Waals surface area contributed by atoms with E-state index in [4.69, 9.17) is 10.5 Å². The minimum absolute atomic E-state index is 0.199. The molecule has 2 rings (SSSR count). The summed E-state index contributed by atoms with van der Waals surface area (Å²) in [6, 6.07) is 7.22. The lowest BCUT2D eigenvalue weighted by atomic mass is 10.3. The predicted molar refractivity (Wildman–Crippen MR) is 68.6 cm³/mol. The summed E-state index contributed by atoms with van der Waals surface area (Å²) in [5, 5.41) is 6.29. The van der Waals surface area contributed by atoms with Crippen molar-refractivity contribution in [2.75, 3.05) is 18.9 Å². The number of nitrogens with one attached hydrogen (secondary N) is 1. The van der Waals surface area contributed by atoms with Crippen LogP contribution >= 0.6 is 11.5 Å². The van der Waals surface area contributed by atoms with Crippen LogP contribution in [0.15, 0.2) is 30.5 Å². The van der Waals surface area contributed by atoms with Gasteiger partial charge in [0.05, 0.1) is 18.4 Å². The highest BCUT2D eigenvalue weighted by Gasteiger charge is 2.07. The Balaban J connectivity index is 1.74. The minimum Gasteiger partial charge on any atom is -0.490 e. The van der Waals surface area contributed by atoms with Crippen molar-refractivity contribution in [2.45, 2.75) is 0 Å². The Morgan fingerprint density at radius 1 is 1.44 bits per heavy atom. The van der Waals surface area contributed by atoms with E-state index < -0.39 is 0 Å². The summed E-state index contributed by atoms with van der Waals surface area (Å²) in [5.74, 6) is 0.417. The smallest absolute Gasteiger partial charge is 0.264 e. The monoisotopic (exact) mass is 264 g/mol. The van der Waals surface area contributed by atoms with Crippen molar-refractivity contribution < 1.29 is 9.53 Å². The lowest BCUT2D eigenvalue weighted by Gasteiger charge is -2.08. The van der Waals surface area contributed by atoms with E-state index in [0.29, 0.717) is 29.5 Å². The molecule has 0 aliphatic heterocycles. The Labute approximate surface area is 108 Å². The van der Waals surface area contributed by atoms with Crippen LogP contribution in [0.4, 0.5) is 5.69 Å². The molecule has 0 aliphatic carbocycles. The van der Waals surface area contributed by atoms with Crippen molar-refractivity contribution in [1.82, 2.24) is 14.9 Å². The predicted octanol–water partition coefficient (Wildman–Crippen LogP) is 0.929. The molecule has 94 valence electrons. The molecule has 0 unspecified atom stereocenters. The number of para-hydroxylation sites is 2. The minimum atomic E-state index is -0.199. The largest absolute Gasteiger partial charge is 0.490 e. The summed E-state index contributed by atoms with van der Waals surface area (Å²) in [5.41, 5.74) is 6.29. The maximum Gasteiger partial charge on any atom is 0.264 e. The van der Waals surface area contributed by atoms with E-state index in [0.717, 1.165) is 11.5 Å². The molecule has 6 nitrogen and oxygen atoms in total. The molecular weight excluding hydrogens is 252 g/mol. The van der Waals surface area contributed by atoms with Crippen LogP contribution in [0.5, 0.6) is 5.75 Å². The third-order valence-electron chi connectivity index (χ3n) is 2.15. The summed E-state index contributed by atoms with van der Waals surface area (Å²) < 4.78 is 9.05. The third-order valence-corrected chi connectivity index (χ3v) is 2.81. The normalized spacial score (nSPS) is 10.0. The number of hydrogen-bond donors (Lipinski definition) is 2. The zero-order chi connectivity index (χ0) is 12.8. The van der Waals surface area contributed by atoms with Crippen LogP contribution in [-0.4, -0.2) is 28.6 Å². The topological polar surface area (TPSA) is 90.1 Å². The van der Waals surface area contributed by atoms with Gasteiger partial charge >= 0.3 is 0 Å². The zero-order valence-electron chi connectivity index (χ0n) is 9.50. The van der Waals surface area contributed by atoms with Gasteiger partial charge in [-0.1, -0.05) is 16.6 Å². The molecule has 18 heavy (non-hydrogen) atoms. The number of nitrogen functional groups attached to an aromatic ring is 1. The molecule has 1 aromatic heterocycles. The molecule has 1 aromatic carbocycles. The summed E-state index contributed by atoms with van der Waals surface area (Å²) >= 11 is 1.05. The molecule has 0 saturated carbocycles. The van der Waals surface area contributed by atoms with Crippen molar-refractivity contribution in [3.05, 3.63) is 35.3 Å². The molecule has 7 heteroatoms. The molecule has 0 saturated heterocycles. The number of nitrogens with zero attached hydrogens (tertiary/aromatic N) is 2. The Hall–Kier alpha value is -2.15. The van der Waals surface area contributed by atoms with Crippen LogP contribution in [0.25, 0.3) is 0 Å². The highest BCUT2D eigenvalue weighted by Crippen LogP contribution is 2.19. The number of ether oxygens (including phenoxy) is 1. The average molecular weight is 264 g/mol. The first kappa shape index (κ1) is 12.3. The molecule has 0 atom stereocenters. The van der Waals surface area contributed by atoms with Gasteiger partial charge in [0, 0.05) is 0 Å². The van der Waals surface area contributed by atoms with Crippen LogP contribution in [0.2, 0.25) is 0 Å². The van der Waals surface area contributed by atoms with Crippen molar-refractivity contribution in [3.8, 4) is 5.75 Å². The van der Waals surface area contributed by atoms with Crippen molar-refractivity contribution in [3.63, 3.8) is 0 Å². The van der Waals surface area contributed by atoms with Gasteiger partial charge in [-0.05, 0) is 23.7 Å². The molecule has 2 aromatic rings. The van der Waals surface area contributed by atoms with Gasteiger partial charge in [0.2, 0.25) is 0 Å². The molecule has 1 heterocycles. The zero-order valence-corrected chi connectivity index (χ0v) is 10.3. The second-order valence-electron chi connectivity index (χ2n) is 3.42. The Kier molecular flexibility index (Phi) is 4.08. The lowest BCUT2D eigenvalue weighted by Crippen LogP contribution is -2.27. The Bertz CT molecular complexity index is 516. The average Bonchev–Trinajstić information content (AvgIpc) is 2.90. The number of carbonyl (C=O) groups excluding carboxylic acids is 1. The van der Waals surface area contributed by atoms with Crippen LogP contribution in [-0.2, 0) is 0 Å². The van der Waals surface area contributed by atoms with E-state index in [1.807, 2.05) is 12.1 Å². The van der Waals surface area contributed by atoms with E-state index in [9.17, 15) is 4.79 Å². The van der Waals surface area contributed by atoms with Crippen molar-refractivity contribution in [2.24, 2.45) is 0 Å². The van der Waals surface area contributed by atoms with Crippen molar-refractivity contribution in [1.29, 1.82) is 0 Å². The summed E-state index contributed by atoms with van der Waals surface area (Å²) in [6.07, 6.45) is 1.43. The fraction of sp³-hybridized carbons (Fsp3) is 0.182. The number of anilines is 1. The summed E-state index contributed by atoms with van der Waals surface area (Å²) in [6.45, 7) is 0.747. The molecule has 0 spiro atoms. The van der Waals surface area contributed by atoms with Gasteiger partial charge in [-0.15, -0.1) is 5.10 Å². The Morgan fingerprint density at radius 3 is 3.00 bits per heavy atom. The SMILES string of the molecule is Nc1ccccc1OCCNC(=O)c1cnns1. The number of aromatic nitrogens is 2. The fourth-order valence-electron chi connectivity index (χ4n) is 1.29. The van der Waals surface area contributed by atoms with E-state index >= 15 is 0 Å². The molecule has 0 fully saturated rings. The van der Waals surface area contributed by atoms with Crippen LogP contribution in [0.1, 0.15) is 9.67 Å². The fourth-order valence-corrected chi connectivity index (χ4v) is 1.72. The standard InChI is InChI=1S/C11H12N4O2S/c12-8-3-1-2-4-9(8)17-6-5-13-11(16)10-7-14-15-18-10/h1-4,7H,5-6,12H2,(H,13,16). The molecule has 1 amide bonds. The summed E-state index contributed by atoms with van der Waals surface area (Å²) in [4.78, 5) is 12.0. The molecular formula is C11H12N4O2S. The Morgan fingerprint density at radius 2 is 2.28 bits per heavy atom. The molecule has 3 N–H and O–H groups in total. The molecule has 0 radical (unpaired) electrons. The van der Waals surface area contributed by atoms with Gasteiger partial charge in [0.1, 0.15) is 17.2 Å². The van der Waals surface area contributed by atoms with Gasteiger partial charge in [0.15, 0.2) is 0 Å². The maximum atomic E-state index is 11.5. The van der Waals surface area contributed by atoms with E-state index in [-0.39, 0.29) is 5.91 Å². The number of hydrogen-bond acceptors (Lipinski definition) is 6. The van der Waals surface area contributed by atoms with Gasteiger partial charge in [-0.25, -0.2) is 0 Å². The number of carbonyl (C=O) groups is 1. The quantitative estimate of drug-likeness (QED) is 0.619. The first-order valence-corrected chi connectivity index (χ1v) is 6.07. The van der Waals surface area contributed by atoms with E-state index in [1.165, 1.54) is 6.20 Å². The number of nitrogens with two attached hydrogens (primary N) is 1. The van der Waals surface area contributed by atoms with Gasteiger partial charge in [-0.3, -0.25) is 4.79 Å². The number of benzene rings is 1. The number of amides is 1. The highest BCUT2D eigenvalue weighted by atomic mass is 32.1. The first-order valence-electron chi connectivity index (χ1n) is 5.30. The van der Waals surface area contributed by atoms with Crippen LogP contribution in [0.3, 0.4) is 0 Å². The maximum absolute atomic E-state index is 11.5. The molecule has 0 aliphatic rings. The van der Waals surface area contributed by atoms with E-state index in [2.05, 4.69) is 14.9 Å². The van der Waals surface area contributed by atoms with Crippen LogP contribution in [0, 0.1) is 0 Å². The lowest BCUT2D eigenvalue weighted by molar-refractivity contribution is 0.0951. The van der Waals surface area contributed by atoms with Gasteiger partial charge in [-0.2, -0.15) is 0 Å². The number of rotatable bonds is 5. The first-order chi connectivity index (χ1) is 8.77. The third kappa shape index (κ3) is 3.17. The van der Waals surface area contributed by atoms with Crippen molar-refractivity contribution >= 4 is 23.1 Å². The van der Waals surface area contributed by atoms with Gasteiger partial charge in [0.25, 0.3) is 5.91 Å². The second kappa shape index (κ2) is 5.97. The second-order valence-corrected chi connectivity index (χ2v) is 4.21. The van der Waals surface area contributed by atoms with Crippen LogP contribution < -0.4 is 15.8 Å². The summed E-state index contributed by atoms with van der Waals surface area (Å²) in [7, 11) is 0. The van der Waals surface area contributed by atoms with Gasteiger partial charge < -0.3 is 15.8 Å².